The molecule has 6 nitrogen and oxygen atoms in total. The Morgan fingerprint density at radius 3 is 2.46 bits per heavy atom. The summed E-state index contributed by atoms with van der Waals surface area (Å²) in [5.41, 5.74) is 2.77. The molecule has 0 amide bonds. The molecule has 2 heterocycles. The van der Waals surface area contributed by atoms with Crippen LogP contribution in [0.3, 0.4) is 0 Å². The van der Waals surface area contributed by atoms with Gasteiger partial charge in [0.25, 0.3) is 0 Å². The van der Waals surface area contributed by atoms with Gasteiger partial charge in [-0.1, -0.05) is 38.1 Å². The number of nitrogens with one attached hydrogen (secondary N) is 1. The maximum atomic E-state index is 12.8. The van der Waals surface area contributed by atoms with Crippen LogP contribution in [0.2, 0.25) is 0 Å². The van der Waals surface area contributed by atoms with E-state index in [1.54, 1.807) is 16.4 Å². The summed E-state index contributed by atoms with van der Waals surface area (Å²) in [5, 5.41) is 3.49. The summed E-state index contributed by atoms with van der Waals surface area (Å²) in [5.74, 6) is 0.704. The van der Waals surface area contributed by atoms with E-state index in [1.165, 1.54) is 17.3 Å². The molecule has 1 aliphatic heterocycles. The second kappa shape index (κ2) is 7.13. The van der Waals surface area contributed by atoms with Crippen LogP contribution >= 0.6 is 0 Å². The molecule has 0 saturated carbocycles. The number of aromatic nitrogens is 1. The highest BCUT2D eigenvalue weighted by molar-refractivity contribution is 7.89. The van der Waals surface area contributed by atoms with Crippen molar-refractivity contribution in [2.24, 2.45) is 0 Å². The topological polar surface area (TPSA) is 65.5 Å². The zero-order chi connectivity index (χ0) is 19.9. The number of hydrogen-bond donors (Lipinski definition) is 1. The molecule has 28 heavy (non-hydrogen) atoms. The number of anilines is 1. The Bertz CT molecular complexity index is 949. The number of nitrogens with zero attached hydrogens (tertiary/aromatic N) is 3. The number of benzene rings is 1. The standard InChI is InChI=1S/C21H28N4O2S/c1-21(2)14-19(17-6-4-5-7-18(17)21)23-20-9-8-16(15-22-20)28(26,27)25-12-10-24(3)11-13-25/h4-9,15,19H,10-14H2,1-3H3,(H,22,23). The average molecular weight is 401 g/mol. The molecule has 4 rings (SSSR count). The van der Waals surface area contributed by atoms with Crippen molar-refractivity contribution in [2.45, 2.75) is 36.6 Å². The fourth-order valence-electron chi connectivity index (χ4n) is 4.25. The predicted octanol–water partition coefficient (Wildman–Crippen LogP) is 2.85. The highest BCUT2D eigenvalue weighted by atomic mass is 32.2. The van der Waals surface area contributed by atoms with Crippen molar-refractivity contribution in [3.8, 4) is 0 Å². The largest absolute Gasteiger partial charge is 0.363 e. The van der Waals surface area contributed by atoms with Gasteiger partial charge in [-0.2, -0.15) is 4.31 Å². The Kier molecular flexibility index (Phi) is 4.93. The molecular weight excluding hydrogens is 372 g/mol. The molecule has 1 aromatic carbocycles. The minimum atomic E-state index is -3.48. The van der Waals surface area contributed by atoms with Crippen molar-refractivity contribution in [3.05, 3.63) is 53.7 Å². The summed E-state index contributed by atoms with van der Waals surface area (Å²) < 4.78 is 27.2. The summed E-state index contributed by atoms with van der Waals surface area (Å²) in [6.45, 7) is 7.06. The van der Waals surface area contributed by atoms with E-state index in [-0.39, 0.29) is 16.4 Å². The smallest absolute Gasteiger partial charge is 0.244 e. The van der Waals surface area contributed by atoms with Gasteiger partial charge in [0, 0.05) is 32.4 Å². The van der Waals surface area contributed by atoms with Crippen LogP contribution < -0.4 is 5.32 Å². The monoisotopic (exact) mass is 400 g/mol. The number of rotatable bonds is 4. The summed E-state index contributed by atoms with van der Waals surface area (Å²) in [4.78, 5) is 6.81. The first-order chi connectivity index (χ1) is 13.3. The second-order valence-corrected chi connectivity index (χ2v) is 10.4. The Labute approximate surface area is 167 Å². The normalized spacial score (nSPS) is 22.8. The van der Waals surface area contributed by atoms with E-state index in [1.807, 2.05) is 7.05 Å². The molecule has 0 radical (unpaired) electrons. The van der Waals surface area contributed by atoms with Crippen LogP contribution in [0.4, 0.5) is 5.82 Å². The third-order valence-electron chi connectivity index (χ3n) is 5.94. The highest BCUT2D eigenvalue weighted by Crippen LogP contribution is 2.45. The SMILES string of the molecule is CN1CCN(S(=O)(=O)c2ccc(NC3CC(C)(C)c4ccccc43)nc2)CC1. The number of pyridine rings is 1. The van der Waals surface area contributed by atoms with Crippen molar-refractivity contribution in [2.75, 3.05) is 38.5 Å². The molecule has 1 aromatic heterocycles. The zero-order valence-electron chi connectivity index (χ0n) is 16.7. The Balaban J connectivity index is 1.50. The van der Waals surface area contributed by atoms with Crippen LogP contribution in [0.15, 0.2) is 47.5 Å². The van der Waals surface area contributed by atoms with E-state index >= 15 is 0 Å². The van der Waals surface area contributed by atoms with Gasteiger partial charge in [0.05, 0.1) is 6.04 Å². The molecule has 1 unspecified atom stereocenters. The van der Waals surface area contributed by atoms with Crippen molar-refractivity contribution in [3.63, 3.8) is 0 Å². The van der Waals surface area contributed by atoms with Gasteiger partial charge in [-0.25, -0.2) is 13.4 Å². The molecule has 1 saturated heterocycles. The van der Waals surface area contributed by atoms with Gasteiger partial charge in [0.2, 0.25) is 10.0 Å². The van der Waals surface area contributed by atoms with Crippen molar-refractivity contribution in [1.82, 2.24) is 14.2 Å². The Morgan fingerprint density at radius 2 is 1.79 bits per heavy atom. The number of fused-ring (bicyclic) bond motifs is 1. The van der Waals surface area contributed by atoms with Crippen LogP contribution in [0.1, 0.15) is 37.4 Å². The van der Waals surface area contributed by atoms with Crippen LogP contribution in [-0.2, 0) is 15.4 Å². The van der Waals surface area contributed by atoms with Crippen molar-refractivity contribution < 1.29 is 8.42 Å². The first-order valence-electron chi connectivity index (χ1n) is 9.78. The van der Waals surface area contributed by atoms with E-state index in [9.17, 15) is 8.42 Å². The van der Waals surface area contributed by atoms with Gasteiger partial charge in [0.1, 0.15) is 10.7 Å². The first kappa shape index (κ1) is 19.4. The van der Waals surface area contributed by atoms with E-state index in [0.717, 1.165) is 19.5 Å². The highest BCUT2D eigenvalue weighted by Gasteiger charge is 2.36. The number of likely N-dealkylation sites (N-methyl/N-ethyl adjacent to an activating group) is 1. The van der Waals surface area contributed by atoms with E-state index in [0.29, 0.717) is 18.9 Å². The molecule has 150 valence electrons. The lowest BCUT2D eigenvalue weighted by molar-refractivity contribution is 0.222. The number of hydrogen-bond acceptors (Lipinski definition) is 5. The Hall–Kier alpha value is -1.96. The predicted molar refractivity (Wildman–Crippen MR) is 111 cm³/mol. The molecule has 1 fully saturated rings. The quantitative estimate of drug-likeness (QED) is 0.855. The van der Waals surface area contributed by atoms with Gasteiger partial charge >= 0.3 is 0 Å². The fraction of sp³-hybridized carbons (Fsp3) is 0.476. The lowest BCUT2D eigenvalue weighted by Gasteiger charge is -2.31. The lowest BCUT2D eigenvalue weighted by Crippen LogP contribution is -2.47. The van der Waals surface area contributed by atoms with Gasteiger partial charge in [-0.05, 0) is 42.1 Å². The maximum absolute atomic E-state index is 12.8. The van der Waals surface area contributed by atoms with Gasteiger partial charge in [-0.3, -0.25) is 0 Å². The lowest BCUT2D eigenvalue weighted by atomic mass is 9.86. The summed E-state index contributed by atoms with van der Waals surface area (Å²) in [6, 6.07) is 12.1. The van der Waals surface area contributed by atoms with Gasteiger partial charge in [-0.15, -0.1) is 0 Å². The van der Waals surface area contributed by atoms with E-state index in [4.69, 9.17) is 0 Å². The van der Waals surface area contributed by atoms with Crippen molar-refractivity contribution in [1.29, 1.82) is 0 Å². The summed E-state index contributed by atoms with van der Waals surface area (Å²) in [7, 11) is -1.47. The van der Waals surface area contributed by atoms with Crippen LogP contribution in [0.5, 0.6) is 0 Å². The molecular formula is C21H28N4O2S. The molecule has 7 heteroatoms. The van der Waals surface area contributed by atoms with E-state index in [2.05, 4.69) is 53.3 Å². The van der Waals surface area contributed by atoms with Gasteiger partial charge < -0.3 is 10.2 Å². The van der Waals surface area contributed by atoms with Crippen molar-refractivity contribution >= 4 is 15.8 Å². The van der Waals surface area contributed by atoms with Crippen LogP contribution in [0, 0.1) is 0 Å². The van der Waals surface area contributed by atoms with Crippen LogP contribution in [-0.4, -0.2) is 55.8 Å². The molecule has 2 aromatic rings. The average Bonchev–Trinajstić information content (AvgIpc) is 2.93. The fourth-order valence-corrected chi connectivity index (χ4v) is 5.62. The van der Waals surface area contributed by atoms with E-state index < -0.39 is 10.0 Å². The second-order valence-electron chi connectivity index (χ2n) is 8.46. The zero-order valence-corrected chi connectivity index (χ0v) is 17.5. The summed E-state index contributed by atoms with van der Waals surface area (Å²) in [6.07, 6.45) is 2.46. The maximum Gasteiger partial charge on any atom is 0.244 e. The summed E-state index contributed by atoms with van der Waals surface area (Å²) >= 11 is 0. The molecule has 0 bridgehead atoms. The minimum absolute atomic E-state index is 0.110. The molecule has 0 spiro atoms. The first-order valence-corrected chi connectivity index (χ1v) is 11.2. The third kappa shape index (κ3) is 3.54. The molecule has 1 atom stereocenters. The Morgan fingerprint density at radius 1 is 1.07 bits per heavy atom. The number of piperazine rings is 1. The molecule has 2 aliphatic rings. The molecule has 1 aliphatic carbocycles. The number of sulfonamides is 1. The van der Waals surface area contributed by atoms with Gasteiger partial charge in [0.15, 0.2) is 0 Å². The minimum Gasteiger partial charge on any atom is -0.363 e. The van der Waals surface area contributed by atoms with Crippen LogP contribution in [0.25, 0.3) is 0 Å². The molecule has 1 N–H and O–H groups in total. The third-order valence-corrected chi connectivity index (χ3v) is 7.82.